The van der Waals surface area contributed by atoms with Crippen LogP contribution < -0.4 is 35.1 Å². The summed E-state index contributed by atoms with van der Waals surface area (Å²) in [7, 11) is 3.20. The molecule has 0 radical (unpaired) electrons. The summed E-state index contributed by atoms with van der Waals surface area (Å²) in [6.07, 6.45) is 1.71. The number of hydrogen-bond donors (Lipinski definition) is 3. The molecule has 4 rings (SSSR count). The van der Waals surface area contributed by atoms with E-state index in [0.717, 1.165) is 29.7 Å². The summed E-state index contributed by atoms with van der Waals surface area (Å²) < 4.78 is 22.0. The van der Waals surface area contributed by atoms with Gasteiger partial charge < -0.3 is 39.8 Å². The molecular formula is C42H50N4O8. The Balaban J connectivity index is 1.33. The average Bonchev–Trinajstić information content (AvgIpc) is 3.14. The molecule has 0 aliphatic rings. The van der Waals surface area contributed by atoms with Crippen LogP contribution in [0.1, 0.15) is 71.9 Å². The second-order valence-corrected chi connectivity index (χ2v) is 13.6. The summed E-state index contributed by atoms with van der Waals surface area (Å²) in [5.74, 6) is 0.518. The molecule has 12 nitrogen and oxygen atoms in total. The number of anilines is 2. The van der Waals surface area contributed by atoms with Gasteiger partial charge in [0.1, 0.15) is 22.8 Å². The zero-order valence-corrected chi connectivity index (χ0v) is 31.8. The molecule has 4 aromatic rings. The molecule has 0 fully saturated rings. The van der Waals surface area contributed by atoms with Crippen molar-refractivity contribution in [3.8, 4) is 17.2 Å². The Bertz CT molecular complexity index is 1890. The van der Waals surface area contributed by atoms with Crippen LogP contribution in [0.15, 0.2) is 91.0 Å². The minimum absolute atomic E-state index is 0.249. The minimum Gasteiger partial charge on any atom is -0.495 e. The van der Waals surface area contributed by atoms with Crippen molar-refractivity contribution >= 4 is 35.4 Å². The summed E-state index contributed by atoms with van der Waals surface area (Å²) in [6, 6.07) is 26.6. The molecule has 0 saturated carbocycles. The molecule has 0 aromatic heterocycles. The van der Waals surface area contributed by atoms with Gasteiger partial charge in [-0.1, -0.05) is 48.0 Å². The van der Waals surface area contributed by atoms with Gasteiger partial charge in [0.2, 0.25) is 0 Å². The van der Waals surface area contributed by atoms with Gasteiger partial charge in [0.15, 0.2) is 0 Å². The Morgan fingerprint density at radius 2 is 1.46 bits per heavy atom. The van der Waals surface area contributed by atoms with Gasteiger partial charge in [-0.2, -0.15) is 0 Å². The number of nitrogens with zero attached hydrogens (tertiary/aromatic N) is 1. The van der Waals surface area contributed by atoms with E-state index in [9.17, 15) is 19.2 Å². The molecule has 4 amide bonds. The van der Waals surface area contributed by atoms with Crippen molar-refractivity contribution in [3.63, 3.8) is 0 Å². The van der Waals surface area contributed by atoms with E-state index < -0.39 is 23.7 Å². The molecule has 0 unspecified atom stereocenters. The van der Waals surface area contributed by atoms with Crippen LogP contribution in [-0.4, -0.2) is 63.5 Å². The first-order valence-corrected chi connectivity index (χ1v) is 17.9. The first-order chi connectivity index (χ1) is 25.8. The second kappa shape index (κ2) is 19.7. The number of hydrogen-bond acceptors (Lipinski definition) is 8. The number of alkyl carbamates (subject to hydrolysis) is 1. The quantitative estimate of drug-likeness (QED) is 0.0984. The van der Waals surface area contributed by atoms with E-state index >= 15 is 0 Å². The number of rotatable bonds is 16. The number of carbonyl (C=O) groups excluding carboxylic acids is 4. The number of nitrogens with one attached hydrogen (secondary N) is 3. The number of para-hydroxylation sites is 2. The van der Waals surface area contributed by atoms with Crippen LogP contribution in [0.4, 0.5) is 21.0 Å². The first-order valence-electron chi connectivity index (χ1n) is 17.9. The Labute approximate surface area is 317 Å². The van der Waals surface area contributed by atoms with Gasteiger partial charge >= 0.3 is 12.2 Å². The lowest BCUT2D eigenvalue weighted by Crippen LogP contribution is -2.33. The topological polar surface area (TPSA) is 145 Å². The van der Waals surface area contributed by atoms with Crippen LogP contribution in [-0.2, 0) is 11.2 Å². The largest absolute Gasteiger partial charge is 0.495 e. The average molecular weight is 739 g/mol. The fourth-order valence-electron chi connectivity index (χ4n) is 5.46. The molecular weight excluding hydrogens is 688 g/mol. The van der Waals surface area contributed by atoms with Crippen molar-refractivity contribution in [2.45, 2.75) is 59.0 Å². The van der Waals surface area contributed by atoms with E-state index in [1.165, 1.54) is 7.11 Å². The van der Waals surface area contributed by atoms with Gasteiger partial charge in [0, 0.05) is 31.4 Å². The van der Waals surface area contributed by atoms with E-state index in [1.807, 2.05) is 25.1 Å². The lowest BCUT2D eigenvalue weighted by Gasteiger charge is -2.22. The lowest BCUT2D eigenvalue weighted by atomic mass is 10.0. The van der Waals surface area contributed by atoms with Crippen molar-refractivity contribution in [2.24, 2.45) is 0 Å². The molecule has 0 saturated heterocycles. The van der Waals surface area contributed by atoms with Gasteiger partial charge in [0.05, 0.1) is 25.0 Å². The Morgan fingerprint density at radius 3 is 2.20 bits per heavy atom. The van der Waals surface area contributed by atoms with Crippen molar-refractivity contribution in [1.82, 2.24) is 10.6 Å². The molecule has 0 aliphatic heterocycles. The Morgan fingerprint density at radius 1 is 0.759 bits per heavy atom. The fourth-order valence-corrected chi connectivity index (χ4v) is 5.46. The fraction of sp³-hybridized carbons (Fsp3) is 0.333. The highest BCUT2D eigenvalue weighted by atomic mass is 16.6. The first kappa shape index (κ1) is 40.7. The highest BCUT2D eigenvalue weighted by Gasteiger charge is 2.21. The van der Waals surface area contributed by atoms with Crippen molar-refractivity contribution in [1.29, 1.82) is 0 Å². The van der Waals surface area contributed by atoms with Crippen LogP contribution in [0.2, 0.25) is 0 Å². The number of carbonyl (C=O) groups is 4. The van der Waals surface area contributed by atoms with Crippen molar-refractivity contribution in [2.75, 3.05) is 44.1 Å². The number of amides is 4. The molecule has 0 spiro atoms. The van der Waals surface area contributed by atoms with E-state index in [-0.39, 0.29) is 12.5 Å². The third-order valence-corrected chi connectivity index (χ3v) is 8.07. The molecule has 12 heteroatoms. The number of ether oxygens (including phenoxy) is 4. The van der Waals surface area contributed by atoms with Gasteiger partial charge in [-0.25, -0.2) is 9.59 Å². The van der Waals surface area contributed by atoms with Crippen LogP contribution in [0.25, 0.3) is 0 Å². The van der Waals surface area contributed by atoms with E-state index in [1.54, 1.807) is 99.4 Å². The molecule has 286 valence electrons. The van der Waals surface area contributed by atoms with Crippen LogP contribution in [0.5, 0.6) is 17.2 Å². The number of methoxy groups -OCH3 is 1. The van der Waals surface area contributed by atoms with Crippen LogP contribution in [0.3, 0.4) is 0 Å². The molecule has 0 atom stereocenters. The maximum absolute atomic E-state index is 13.8. The molecule has 54 heavy (non-hydrogen) atoms. The summed E-state index contributed by atoms with van der Waals surface area (Å²) in [4.78, 5) is 52.8. The Hall–Kier alpha value is -6.04. The zero-order chi connectivity index (χ0) is 39.1. The number of aryl methyl sites for hydroxylation is 2. The van der Waals surface area contributed by atoms with E-state index in [0.29, 0.717) is 60.0 Å². The SMILES string of the molecule is COc1cc(C(=O)N(C)c2ccc(C)cc2CCCCNC(=O)Oc2ccccc2)ccc1NC(=O)c1ccccc1OCCCNC(=O)OC(C)(C)C. The third-order valence-electron chi connectivity index (χ3n) is 8.07. The minimum atomic E-state index is -0.586. The summed E-state index contributed by atoms with van der Waals surface area (Å²) in [5, 5.41) is 8.34. The summed E-state index contributed by atoms with van der Waals surface area (Å²) in [5.41, 5.74) is 3.35. The maximum Gasteiger partial charge on any atom is 0.412 e. The molecule has 0 bridgehead atoms. The van der Waals surface area contributed by atoms with E-state index in [4.69, 9.17) is 18.9 Å². The number of benzene rings is 4. The van der Waals surface area contributed by atoms with Crippen LogP contribution in [0, 0.1) is 6.92 Å². The van der Waals surface area contributed by atoms with E-state index in [2.05, 4.69) is 22.0 Å². The van der Waals surface area contributed by atoms with Crippen molar-refractivity contribution < 1.29 is 38.1 Å². The number of unbranched alkanes of at least 4 members (excludes halogenated alkanes) is 1. The normalized spacial score (nSPS) is 10.9. The standard InChI is InChI=1S/C42H50N4O8/c1-29-20-23-35(30(27-29)15-12-13-24-43-40(49)53-32-16-8-7-9-17-32)46(5)39(48)31-21-22-34(37(28-31)51-6)45-38(47)33-18-10-11-19-36(33)52-26-14-25-44-41(50)54-42(2,3)4/h7-11,16-23,27-28H,12-15,24-26H2,1-6H3,(H,43,49)(H,44,50)(H,45,47). The highest BCUT2D eigenvalue weighted by Crippen LogP contribution is 2.30. The lowest BCUT2D eigenvalue weighted by molar-refractivity contribution is 0.0525. The molecule has 0 aliphatic carbocycles. The summed E-state index contributed by atoms with van der Waals surface area (Å²) in [6.45, 7) is 8.45. The predicted octanol–water partition coefficient (Wildman–Crippen LogP) is 7.94. The maximum atomic E-state index is 13.8. The molecule has 3 N–H and O–H groups in total. The molecule has 4 aromatic carbocycles. The smallest absolute Gasteiger partial charge is 0.412 e. The van der Waals surface area contributed by atoms with Gasteiger partial charge in [-0.05, 0) is 107 Å². The monoisotopic (exact) mass is 738 g/mol. The van der Waals surface area contributed by atoms with Gasteiger partial charge in [0.25, 0.3) is 11.8 Å². The second-order valence-electron chi connectivity index (χ2n) is 13.6. The highest BCUT2D eigenvalue weighted by molar-refractivity contribution is 6.09. The molecule has 0 heterocycles. The van der Waals surface area contributed by atoms with Gasteiger partial charge in [-0.15, -0.1) is 0 Å². The zero-order valence-electron chi connectivity index (χ0n) is 31.8. The third kappa shape index (κ3) is 12.6. The Kier molecular flexibility index (Phi) is 14.9. The predicted molar refractivity (Wildman–Crippen MR) is 209 cm³/mol. The van der Waals surface area contributed by atoms with Crippen molar-refractivity contribution in [3.05, 3.63) is 113 Å². The summed E-state index contributed by atoms with van der Waals surface area (Å²) >= 11 is 0. The van der Waals surface area contributed by atoms with Crippen LogP contribution >= 0.6 is 0 Å². The van der Waals surface area contributed by atoms with Gasteiger partial charge in [-0.3, -0.25) is 9.59 Å².